The van der Waals surface area contributed by atoms with Gasteiger partial charge in [0.15, 0.2) is 0 Å². The molecule has 1 aliphatic rings. The number of anilines is 1. The van der Waals surface area contributed by atoms with E-state index >= 15 is 0 Å². The fourth-order valence-corrected chi connectivity index (χ4v) is 3.16. The Morgan fingerprint density at radius 3 is 2.76 bits per heavy atom. The minimum absolute atomic E-state index is 0.201. The van der Waals surface area contributed by atoms with Gasteiger partial charge in [0.1, 0.15) is 0 Å². The van der Waals surface area contributed by atoms with Crippen LogP contribution in [0.5, 0.6) is 0 Å². The average molecular weight is 288 g/mol. The van der Waals surface area contributed by atoms with Crippen molar-refractivity contribution in [2.24, 2.45) is 5.92 Å². The zero-order chi connectivity index (χ0) is 15.2. The predicted octanol–water partition coefficient (Wildman–Crippen LogP) is 4.08. The van der Waals surface area contributed by atoms with Gasteiger partial charge in [-0.15, -0.1) is 0 Å². The smallest absolute Gasteiger partial charge is 0.254 e. The Balaban J connectivity index is 2.08. The number of hydrogen-bond donors (Lipinski definition) is 1. The molecule has 1 aromatic rings. The van der Waals surface area contributed by atoms with Gasteiger partial charge in [-0.3, -0.25) is 4.79 Å². The molecule has 0 radical (unpaired) electrons. The third-order valence-electron chi connectivity index (χ3n) is 4.55. The van der Waals surface area contributed by atoms with Gasteiger partial charge in [-0.25, -0.2) is 0 Å². The molecule has 1 fully saturated rings. The highest BCUT2D eigenvalue weighted by atomic mass is 16.2. The van der Waals surface area contributed by atoms with Crippen LogP contribution in [0.3, 0.4) is 0 Å². The number of carbonyl (C=O) groups is 1. The Kier molecular flexibility index (Phi) is 5.66. The molecule has 1 aliphatic heterocycles. The van der Waals surface area contributed by atoms with Crippen LogP contribution in [0.2, 0.25) is 0 Å². The minimum Gasteiger partial charge on any atom is -0.385 e. The number of carbonyl (C=O) groups excluding carboxylic acids is 1. The van der Waals surface area contributed by atoms with Crippen molar-refractivity contribution in [3.05, 3.63) is 29.3 Å². The highest BCUT2D eigenvalue weighted by Gasteiger charge is 2.21. The van der Waals surface area contributed by atoms with Gasteiger partial charge < -0.3 is 10.2 Å². The monoisotopic (exact) mass is 288 g/mol. The third kappa shape index (κ3) is 3.99. The number of rotatable bonds is 4. The van der Waals surface area contributed by atoms with E-state index < -0.39 is 0 Å². The van der Waals surface area contributed by atoms with Crippen molar-refractivity contribution in [3.8, 4) is 0 Å². The van der Waals surface area contributed by atoms with Crippen molar-refractivity contribution in [2.45, 2.75) is 46.5 Å². The molecular weight excluding hydrogens is 260 g/mol. The second-order valence-corrected chi connectivity index (χ2v) is 6.06. The van der Waals surface area contributed by atoms with Crippen LogP contribution < -0.4 is 5.32 Å². The van der Waals surface area contributed by atoms with E-state index in [0.717, 1.165) is 55.2 Å². The summed E-state index contributed by atoms with van der Waals surface area (Å²) in [5.41, 5.74) is 3.01. The van der Waals surface area contributed by atoms with Crippen molar-refractivity contribution >= 4 is 11.6 Å². The van der Waals surface area contributed by atoms with Gasteiger partial charge >= 0.3 is 0 Å². The molecule has 1 unspecified atom stereocenters. The standard InChI is InChI=1S/C18H28N2O/c1-4-15-7-6-11-20(12-10-15)18(21)17-9-8-16(19-5-2)13-14(17)3/h8-9,13,15,19H,4-7,10-12H2,1-3H3. The van der Waals surface area contributed by atoms with Gasteiger partial charge in [0.25, 0.3) is 5.91 Å². The van der Waals surface area contributed by atoms with Gasteiger partial charge in [0.05, 0.1) is 0 Å². The largest absolute Gasteiger partial charge is 0.385 e. The lowest BCUT2D eigenvalue weighted by molar-refractivity contribution is 0.0759. The summed E-state index contributed by atoms with van der Waals surface area (Å²) >= 11 is 0. The number of nitrogens with zero attached hydrogens (tertiary/aromatic N) is 1. The molecule has 1 N–H and O–H groups in total. The fourth-order valence-electron chi connectivity index (χ4n) is 3.16. The first-order valence-corrected chi connectivity index (χ1v) is 8.29. The van der Waals surface area contributed by atoms with Crippen LogP contribution >= 0.6 is 0 Å². The molecule has 0 aromatic heterocycles. The van der Waals surface area contributed by atoms with Crippen LogP contribution in [-0.4, -0.2) is 30.4 Å². The Morgan fingerprint density at radius 1 is 1.29 bits per heavy atom. The molecule has 3 nitrogen and oxygen atoms in total. The van der Waals surface area contributed by atoms with E-state index in [-0.39, 0.29) is 5.91 Å². The Labute approximate surface area is 128 Å². The fraction of sp³-hybridized carbons (Fsp3) is 0.611. The SMILES string of the molecule is CCNc1ccc(C(=O)N2CCCC(CC)CC2)c(C)c1. The van der Waals surface area contributed by atoms with Crippen LogP contribution in [0.25, 0.3) is 0 Å². The number of hydrogen-bond acceptors (Lipinski definition) is 2. The first-order valence-electron chi connectivity index (χ1n) is 8.29. The van der Waals surface area contributed by atoms with E-state index in [2.05, 4.69) is 25.2 Å². The first kappa shape index (κ1) is 15.9. The van der Waals surface area contributed by atoms with Crippen molar-refractivity contribution in [1.82, 2.24) is 4.90 Å². The summed E-state index contributed by atoms with van der Waals surface area (Å²) in [5, 5.41) is 3.29. The second-order valence-electron chi connectivity index (χ2n) is 6.06. The molecule has 116 valence electrons. The maximum absolute atomic E-state index is 12.7. The summed E-state index contributed by atoms with van der Waals surface area (Å²) < 4.78 is 0. The molecule has 0 aliphatic carbocycles. The van der Waals surface area contributed by atoms with Gasteiger partial charge in [0, 0.05) is 30.9 Å². The number of benzene rings is 1. The van der Waals surface area contributed by atoms with Gasteiger partial charge in [-0.2, -0.15) is 0 Å². The van der Waals surface area contributed by atoms with E-state index in [1.165, 1.54) is 12.8 Å². The molecule has 0 spiro atoms. The minimum atomic E-state index is 0.201. The lowest BCUT2D eigenvalue weighted by Gasteiger charge is -2.22. The Hall–Kier alpha value is -1.51. The van der Waals surface area contributed by atoms with E-state index in [1.807, 2.05) is 24.0 Å². The molecule has 1 atom stereocenters. The highest BCUT2D eigenvalue weighted by molar-refractivity contribution is 5.96. The zero-order valence-corrected chi connectivity index (χ0v) is 13.6. The van der Waals surface area contributed by atoms with E-state index in [0.29, 0.717) is 0 Å². The summed E-state index contributed by atoms with van der Waals surface area (Å²) in [6, 6.07) is 6.05. The van der Waals surface area contributed by atoms with Crippen LogP contribution in [-0.2, 0) is 0 Å². The van der Waals surface area contributed by atoms with E-state index in [1.54, 1.807) is 0 Å². The third-order valence-corrected chi connectivity index (χ3v) is 4.55. The van der Waals surface area contributed by atoms with Crippen molar-refractivity contribution in [2.75, 3.05) is 25.0 Å². The molecular formula is C18H28N2O. The first-order chi connectivity index (χ1) is 10.2. The molecule has 1 aromatic carbocycles. The quantitative estimate of drug-likeness (QED) is 0.905. The van der Waals surface area contributed by atoms with Crippen LogP contribution in [0.15, 0.2) is 18.2 Å². The Morgan fingerprint density at radius 2 is 2.10 bits per heavy atom. The highest BCUT2D eigenvalue weighted by Crippen LogP contribution is 2.23. The number of amides is 1. The lowest BCUT2D eigenvalue weighted by atomic mass is 9.98. The topological polar surface area (TPSA) is 32.3 Å². The lowest BCUT2D eigenvalue weighted by Crippen LogP contribution is -2.32. The summed E-state index contributed by atoms with van der Waals surface area (Å²) in [6.07, 6.45) is 4.78. The summed E-state index contributed by atoms with van der Waals surface area (Å²) in [5.74, 6) is 0.993. The summed E-state index contributed by atoms with van der Waals surface area (Å²) in [4.78, 5) is 14.8. The van der Waals surface area contributed by atoms with Crippen molar-refractivity contribution in [1.29, 1.82) is 0 Å². The van der Waals surface area contributed by atoms with E-state index in [4.69, 9.17) is 0 Å². The van der Waals surface area contributed by atoms with Crippen LogP contribution in [0, 0.1) is 12.8 Å². The zero-order valence-electron chi connectivity index (χ0n) is 13.6. The van der Waals surface area contributed by atoms with Crippen molar-refractivity contribution in [3.63, 3.8) is 0 Å². The molecule has 1 heterocycles. The van der Waals surface area contributed by atoms with Gasteiger partial charge in [0.2, 0.25) is 0 Å². The molecule has 0 bridgehead atoms. The molecule has 3 heteroatoms. The number of aryl methyl sites for hydroxylation is 1. The maximum atomic E-state index is 12.7. The number of nitrogens with one attached hydrogen (secondary N) is 1. The van der Waals surface area contributed by atoms with Gasteiger partial charge in [-0.1, -0.05) is 13.3 Å². The molecule has 0 saturated carbocycles. The summed E-state index contributed by atoms with van der Waals surface area (Å²) in [7, 11) is 0. The molecule has 2 rings (SSSR count). The van der Waals surface area contributed by atoms with E-state index in [9.17, 15) is 4.79 Å². The maximum Gasteiger partial charge on any atom is 0.254 e. The normalized spacial score (nSPS) is 19.2. The Bertz CT molecular complexity index is 484. The molecule has 1 saturated heterocycles. The summed E-state index contributed by atoms with van der Waals surface area (Å²) in [6.45, 7) is 9.08. The molecule has 21 heavy (non-hydrogen) atoms. The average Bonchev–Trinajstić information content (AvgIpc) is 2.72. The van der Waals surface area contributed by atoms with Crippen molar-refractivity contribution < 1.29 is 4.79 Å². The van der Waals surface area contributed by atoms with Gasteiger partial charge in [-0.05, 0) is 62.8 Å². The molecule has 1 amide bonds. The number of likely N-dealkylation sites (tertiary alicyclic amines) is 1. The second kappa shape index (κ2) is 7.48. The predicted molar refractivity (Wildman–Crippen MR) is 88.9 cm³/mol. The van der Waals surface area contributed by atoms with Crippen LogP contribution in [0.1, 0.15) is 55.5 Å². The van der Waals surface area contributed by atoms with Crippen LogP contribution in [0.4, 0.5) is 5.69 Å².